The number of anilines is 1. The van der Waals surface area contributed by atoms with Crippen LogP contribution in [-0.2, 0) is 7.05 Å². The van der Waals surface area contributed by atoms with E-state index >= 15 is 0 Å². The van der Waals surface area contributed by atoms with E-state index in [1.54, 1.807) is 31.6 Å². The fourth-order valence-corrected chi connectivity index (χ4v) is 3.29. The number of hydrogen-bond acceptors (Lipinski definition) is 5. The molecule has 0 aliphatic carbocycles. The number of hydrogen-bond donors (Lipinski definition) is 1. The predicted octanol–water partition coefficient (Wildman–Crippen LogP) is 3.50. The van der Waals surface area contributed by atoms with Crippen molar-refractivity contribution in [2.75, 3.05) is 5.32 Å². The van der Waals surface area contributed by atoms with Crippen LogP contribution in [-0.4, -0.2) is 27.3 Å². The summed E-state index contributed by atoms with van der Waals surface area (Å²) in [6, 6.07) is 4.45. The number of alkyl halides is 2. The Morgan fingerprint density at radius 3 is 2.75 bits per heavy atom. The maximum absolute atomic E-state index is 12.4. The molecular weight excluding hydrogens is 338 g/mol. The molecule has 3 rings (SSSR count). The van der Waals surface area contributed by atoms with Crippen molar-refractivity contribution in [2.24, 2.45) is 7.05 Å². The first-order valence-electron chi connectivity index (χ1n) is 7.02. The normalized spacial score (nSPS) is 11.2. The predicted molar refractivity (Wildman–Crippen MR) is 86.9 cm³/mol. The molecule has 3 aromatic rings. The lowest BCUT2D eigenvalue weighted by molar-refractivity contribution is -0.0497. The number of carbonyl (C=O) groups is 1. The number of benzene rings is 1. The molecule has 0 saturated heterocycles. The second-order valence-electron chi connectivity index (χ2n) is 5.15. The Labute approximate surface area is 140 Å². The van der Waals surface area contributed by atoms with Gasteiger partial charge in [0.25, 0.3) is 5.91 Å². The topological polar surface area (TPSA) is 69.0 Å². The van der Waals surface area contributed by atoms with Crippen LogP contribution >= 0.6 is 11.3 Å². The zero-order valence-electron chi connectivity index (χ0n) is 13.1. The second-order valence-corrected chi connectivity index (χ2v) is 6.18. The van der Waals surface area contributed by atoms with Crippen molar-refractivity contribution in [3.05, 3.63) is 35.2 Å². The van der Waals surface area contributed by atoms with E-state index in [0.29, 0.717) is 26.6 Å². The number of amides is 1. The largest absolute Gasteiger partial charge is 0.435 e. The van der Waals surface area contributed by atoms with Crippen molar-refractivity contribution in [3.8, 4) is 5.75 Å². The molecule has 9 heteroatoms. The first kappa shape index (κ1) is 16.3. The highest BCUT2D eigenvalue weighted by Crippen LogP contribution is 2.30. The number of aryl methyl sites for hydroxylation is 2. The highest BCUT2D eigenvalue weighted by molar-refractivity contribution is 7.22. The first-order chi connectivity index (χ1) is 11.3. The summed E-state index contributed by atoms with van der Waals surface area (Å²) in [4.78, 5) is 16.7. The molecule has 0 aliphatic rings. The Kier molecular flexibility index (Phi) is 4.18. The van der Waals surface area contributed by atoms with Gasteiger partial charge in [-0.2, -0.15) is 13.9 Å². The summed E-state index contributed by atoms with van der Waals surface area (Å²) in [5.74, 6) is -0.251. The standard InChI is InChI=1S/C15H14F2N4O2S/c1-7-12(8(2)21(3)20-7)13(22)19-15-18-10-5-4-9(23-14(16)17)6-11(10)24-15/h4-6,14H,1-3H3,(H,18,19,22). The minimum absolute atomic E-state index is 0.0537. The van der Waals surface area contributed by atoms with E-state index < -0.39 is 6.61 Å². The van der Waals surface area contributed by atoms with Gasteiger partial charge in [-0.3, -0.25) is 14.8 Å². The third kappa shape index (κ3) is 3.07. The first-order valence-corrected chi connectivity index (χ1v) is 7.83. The number of fused-ring (bicyclic) bond motifs is 1. The van der Waals surface area contributed by atoms with E-state index in [-0.39, 0.29) is 11.7 Å². The molecule has 6 nitrogen and oxygen atoms in total. The molecule has 0 saturated carbocycles. The smallest absolute Gasteiger partial charge is 0.387 e. The molecule has 0 bridgehead atoms. The van der Waals surface area contributed by atoms with Gasteiger partial charge in [0, 0.05) is 12.7 Å². The summed E-state index contributed by atoms with van der Waals surface area (Å²) in [6.45, 7) is 0.682. The van der Waals surface area contributed by atoms with Gasteiger partial charge in [0.15, 0.2) is 5.13 Å². The molecule has 0 atom stereocenters. The molecule has 1 N–H and O–H groups in total. The van der Waals surface area contributed by atoms with Gasteiger partial charge in [-0.25, -0.2) is 4.98 Å². The number of carbonyl (C=O) groups excluding carboxylic acids is 1. The highest BCUT2D eigenvalue weighted by atomic mass is 32.1. The van der Waals surface area contributed by atoms with E-state index in [0.717, 1.165) is 5.69 Å². The SMILES string of the molecule is Cc1nn(C)c(C)c1C(=O)Nc1nc2ccc(OC(F)F)cc2s1. The molecule has 2 heterocycles. The summed E-state index contributed by atoms with van der Waals surface area (Å²) < 4.78 is 31.2. The van der Waals surface area contributed by atoms with Gasteiger partial charge in [0.05, 0.1) is 21.5 Å². The summed E-state index contributed by atoms with van der Waals surface area (Å²) in [5.41, 5.74) is 2.47. The highest BCUT2D eigenvalue weighted by Gasteiger charge is 2.19. The van der Waals surface area contributed by atoms with Crippen LogP contribution < -0.4 is 10.1 Å². The van der Waals surface area contributed by atoms with Crippen molar-refractivity contribution in [1.82, 2.24) is 14.8 Å². The Balaban J connectivity index is 1.86. The molecule has 2 aromatic heterocycles. The Morgan fingerprint density at radius 2 is 2.12 bits per heavy atom. The van der Waals surface area contributed by atoms with Crippen LogP contribution in [0.4, 0.5) is 13.9 Å². The number of nitrogens with zero attached hydrogens (tertiary/aromatic N) is 3. The Hall–Kier alpha value is -2.55. The van der Waals surface area contributed by atoms with Gasteiger partial charge in [-0.05, 0) is 32.0 Å². The molecule has 1 aromatic carbocycles. The van der Waals surface area contributed by atoms with E-state index in [2.05, 4.69) is 20.1 Å². The van der Waals surface area contributed by atoms with Crippen molar-refractivity contribution >= 4 is 32.6 Å². The molecule has 24 heavy (non-hydrogen) atoms. The molecular formula is C15H14F2N4O2S. The Bertz CT molecular complexity index is 920. The van der Waals surface area contributed by atoms with Gasteiger partial charge in [-0.1, -0.05) is 11.3 Å². The Morgan fingerprint density at radius 1 is 1.38 bits per heavy atom. The van der Waals surface area contributed by atoms with Crippen LogP contribution in [0.2, 0.25) is 0 Å². The summed E-state index contributed by atoms with van der Waals surface area (Å²) in [7, 11) is 1.77. The van der Waals surface area contributed by atoms with E-state index in [9.17, 15) is 13.6 Å². The van der Waals surface area contributed by atoms with Gasteiger partial charge in [0.1, 0.15) is 5.75 Å². The number of aromatic nitrogens is 3. The van der Waals surface area contributed by atoms with Crippen molar-refractivity contribution in [3.63, 3.8) is 0 Å². The minimum atomic E-state index is -2.88. The average molecular weight is 352 g/mol. The molecule has 0 unspecified atom stereocenters. The molecule has 126 valence electrons. The lowest BCUT2D eigenvalue weighted by atomic mass is 10.2. The second kappa shape index (κ2) is 6.16. The molecule has 0 aliphatic heterocycles. The summed E-state index contributed by atoms with van der Waals surface area (Å²) >= 11 is 1.18. The monoisotopic (exact) mass is 352 g/mol. The number of ether oxygens (including phenoxy) is 1. The fourth-order valence-electron chi connectivity index (χ4n) is 2.40. The van der Waals surface area contributed by atoms with Gasteiger partial charge in [0.2, 0.25) is 0 Å². The average Bonchev–Trinajstić information content (AvgIpc) is 2.98. The molecule has 0 radical (unpaired) electrons. The lowest BCUT2D eigenvalue weighted by Crippen LogP contribution is -2.13. The number of rotatable bonds is 4. The third-order valence-electron chi connectivity index (χ3n) is 3.54. The zero-order chi connectivity index (χ0) is 17.4. The number of thiazole rings is 1. The minimum Gasteiger partial charge on any atom is -0.435 e. The van der Waals surface area contributed by atoms with Gasteiger partial charge >= 0.3 is 6.61 Å². The summed E-state index contributed by atoms with van der Waals surface area (Å²) in [5, 5.41) is 7.32. The zero-order valence-corrected chi connectivity index (χ0v) is 13.9. The molecule has 0 spiro atoms. The molecule has 0 fully saturated rings. The number of halogens is 2. The number of nitrogens with one attached hydrogen (secondary N) is 1. The van der Waals surface area contributed by atoms with Crippen molar-refractivity contribution in [1.29, 1.82) is 0 Å². The van der Waals surface area contributed by atoms with Crippen molar-refractivity contribution in [2.45, 2.75) is 20.5 Å². The third-order valence-corrected chi connectivity index (χ3v) is 4.48. The van der Waals surface area contributed by atoms with Gasteiger partial charge < -0.3 is 4.74 Å². The van der Waals surface area contributed by atoms with E-state index in [4.69, 9.17) is 0 Å². The molecule has 1 amide bonds. The van der Waals surface area contributed by atoms with Crippen LogP contribution in [0.15, 0.2) is 18.2 Å². The van der Waals surface area contributed by atoms with E-state index in [1.165, 1.54) is 23.5 Å². The van der Waals surface area contributed by atoms with Crippen LogP contribution in [0.1, 0.15) is 21.7 Å². The summed E-state index contributed by atoms with van der Waals surface area (Å²) in [6.07, 6.45) is 0. The van der Waals surface area contributed by atoms with Crippen LogP contribution in [0, 0.1) is 13.8 Å². The quantitative estimate of drug-likeness (QED) is 0.780. The van der Waals surface area contributed by atoms with Crippen LogP contribution in [0.3, 0.4) is 0 Å². The van der Waals surface area contributed by atoms with Crippen LogP contribution in [0.25, 0.3) is 10.2 Å². The van der Waals surface area contributed by atoms with Crippen LogP contribution in [0.5, 0.6) is 5.75 Å². The van der Waals surface area contributed by atoms with Gasteiger partial charge in [-0.15, -0.1) is 0 Å². The maximum Gasteiger partial charge on any atom is 0.387 e. The lowest BCUT2D eigenvalue weighted by Gasteiger charge is -2.02. The fraction of sp³-hybridized carbons (Fsp3) is 0.267. The maximum atomic E-state index is 12.4. The van der Waals surface area contributed by atoms with E-state index in [1.807, 2.05) is 0 Å². The van der Waals surface area contributed by atoms with Crippen molar-refractivity contribution < 1.29 is 18.3 Å².